The lowest BCUT2D eigenvalue weighted by molar-refractivity contribution is -0.140. The first-order valence-corrected chi connectivity index (χ1v) is 12.2. The number of nitrogens with one attached hydrogen (secondary N) is 1. The maximum atomic E-state index is 13.7. The van der Waals surface area contributed by atoms with Gasteiger partial charge in [0.25, 0.3) is 0 Å². The Bertz CT molecular complexity index is 1220. The number of methoxy groups -OCH3 is 2. The van der Waals surface area contributed by atoms with Crippen molar-refractivity contribution in [1.29, 1.82) is 0 Å². The second-order valence-electron chi connectivity index (χ2n) is 9.72. The molecule has 1 aliphatic heterocycles. The van der Waals surface area contributed by atoms with Gasteiger partial charge >= 0.3 is 5.97 Å². The van der Waals surface area contributed by atoms with Crippen molar-refractivity contribution in [3.63, 3.8) is 0 Å². The Labute approximate surface area is 211 Å². The number of rotatable bonds is 7. The van der Waals surface area contributed by atoms with E-state index >= 15 is 0 Å². The average Bonchev–Trinajstić information content (AvgIpc) is 2.86. The summed E-state index contributed by atoms with van der Waals surface area (Å²) in [5.74, 6) is 0.479. The van der Waals surface area contributed by atoms with Crippen molar-refractivity contribution in [2.45, 2.75) is 45.4 Å². The number of dihydropyridines is 1. The Kier molecular flexibility index (Phi) is 7.38. The summed E-state index contributed by atoms with van der Waals surface area (Å²) in [5.41, 5.74) is 4.23. The molecule has 0 aromatic heterocycles. The smallest absolute Gasteiger partial charge is 0.336 e. The summed E-state index contributed by atoms with van der Waals surface area (Å²) in [6.07, 6.45) is 0.911. The normalized spacial score (nSPS) is 19.7. The highest BCUT2D eigenvalue weighted by molar-refractivity contribution is 6.04. The van der Waals surface area contributed by atoms with Crippen molar-refractivity contribution in [3.05, 3.63) is 76.1 Å². The summed E-state index contributed by atoms with van der Waals surface area (Å²) >= 11 is 0. The molecule has 0 spiro atoms. The van der Waals surface area contributed by atoms with Crippen LogP contribution in [0.15, 0.2) is 65.0 Å². The van der Waals surface area contributed by atoms with Crippen molar-refractivity contribution in [2.75, 3.05) is 20.8 Å². The van der Waals surface area contributed by atoms with Gasteiger partial charge < -0.3 is 24.6 Å². The number of benzene rings is 2. The Hall–Kier alpha value is -3.74. The monoisotopic (exact) mass is 491 g/mol. The fraction of sp³-hybridized carbons (Fsp3) is 0.379. The van der Waals surface area contributed by atoms with Crippen molar-refractivity contribution < 1.29 is 28.9 Å². The van der Waals surface area contributed by atoms with Crippen LogP contribution in [0.25, 0.3) is 0 Å². The molecule has 190 valence electrons. The fourth-order valence-corrected chi connectivity index (χ4v) is 4.97. The van der Waals surface area contributed by atoms with Crippen molar-refractivity contribution in [2.24, 2.45) is 5.92 Å². The summed E-state index contributed by atoms with van der Waals surface area (Å²) < 4.78 is 16.4. The molecule has 0 saturated carbocycles. The first-order chi connectivity index (χ1) is 17.2. The standard InChI is InChI=1S/C29H33NO6/c1-16(2)15-36-29(33)26-17(3)30-22-12-20(19-8-11-24(34-4)25(14-19)35-5)13-23(32)28(22)27(26)18-6-9-21(31)10-7-18/h6-11,14,16,20,27,30-31H,12-13,15H2,1-5H3/t20-,27-/m1/s1. The van der Waals surface area contributed by atoms with E-state index in [0.717, 1.165) is 16.8 Å². The number of ether oxygens (including phenoxy) is 3. The number of hydrogen-bond acceptors (Lipinski definition) is 7. The molecule has 36 heavy (non-hydrogen) atoms. The Morgan fingerprint density at radius 2 is 1.69 bits per heavy atom. The van der Waals surface area contributed by atoms with Gasteiger partial charge in [0.2, 0.25) is 0 Å². The summed E-state index contributed by atoms with van der Waals surface area (Å²) in [6, 6.07) is 12.4. The lowest BCUT2D eigenvalue weighted by Crippen LogP contribution is -2.36. The quantitative estimate of drug-likeness (QED) is 0.528. The molecule has 0 bridgehead atoms. The Balaban J connectivity index is 1.74. The summed E-state index contributed by atoms with van der Waals surface area (Å²) in [4.78, 5) is 26.9. The van der Waals surface area contributed by atoms with Gasteiger partial charge in [-0.3, -0.25) is 4.79 Å². The van der Waals surface area contributed by atoms with Crippen LogP contribution >= 0.6 is 0 Å². The third-order valence-electron chi connectivity index (χ3n) is 6.70. The maximum absolute atomic E-state index is 13.7. The predicted molar refractivity (Wildman–Crippen MR) is 136 cm³/mol. The number of aromatic hydroxyl groups is 1. The molecule has 1 heterocycles. The van der Waals surface area contributed by atoms with Gasteiger partial charge in [0, 0.05) is 29.3 Å². The van der Waals surface area contributed by atoms with Crippen molar-refractivity contribution in [1.82, 2.24) is 5.32 Å². The van der Waals surface area contributed by atoms with Gasteiger partial charge in [-0.05, 0) is 60.6 Å². The molecule has 0 radical (unpaired) electrons. The van der Waals surface area contributed by atoms with E-state index in [0.29, 0.717) is 47.8 Å². The first-order valence-electron chi connectivity index (χ1n) is 12.2. The number of phenolic OH excluding ortho intramolecular Hbond substituents is 1. The molecule has 0 amide bonds. The predicted octanol–water partition coefficient (Wildman–Crippen LogP) is 4.97. The lowest BCUT2D eigenvalue weighted by atomic mass is 9.71. The Morgan fingerprint density at radius 3 is 2.33 bits per heavy atom. The fourth-order valence-electron chi connectivity index (χ4n) is 4.97. The molecule has 7 nitrogen and oxygen atoms in total. The molecular weight excluding hydrogens is 458 g/mol. The van der Waals surface area contributed by atoms with Crippen molar-refractivity contribution >= 4 is 11.8 Å². The average molecular weight is 492 g/mol. The van der Waals surface area contributed by atoms with E-state index in [1.807, 2.05) is 39.0 Å². The van der Waals surface area contributed by atoms with Gasteiger partial charge in [-0.15, -0.1) is 0 Å². The van der Waals surface area contributed by atoms with Gasteiger partial charge in [0.1, 0.15) is 5.75 Å². The van der Waals surface area contributed by atoms with E-state index in [2.05, 4.69) is 5.32 Å². The minimum absolute atomic E-state index is 0.0248. The summed E-state index contributed by atoms with van der Waals surface area (Å²) in [6.45, 7) is 6.09. The molecule has 0 fully saturated rings. The van der Waals surface area contributed by atoms with Crippen LogP contribution in [0.5, 0.6) is 17.2 Å². The van der Waals surface area contributed by atoms with Crippen LogP contribution in [0.4, 0.5) is 0 Å². The molecule has 2 atom stereocenters. The number of carbonyl (C=O) groups excluding carboxylic acids is 2. The Morgan fingerprint density at radius 1 is 1.03 bits per heavy atom. The second-order valence-corrected chi connectivity index (χ2v) is 9.72. The molecule has 0 saturated heterocycles. The maximum Gasteiger partial charge on any atom is 0.336 e. The number of allylic oxidation sites excluding steroid dienone is 3. The van der Waals surface area contributed by atoms with Crippen LogP contribution in [0.2, 0.25) is 0 Å². The summed E-state index contributed by atoms with van der Waals surface area (Å²) in [7, 11) is 3.18. The number of Topliss-reactive ketones (excluding diaryl/α,β-unsaturated/α-hetero) is 1. The third kappa shape index (κ3) is 4.96. The minimum Gasteiger partial charge on any atom is -0.508 e. The number of hydrogen-bond donors (Lipinski definition) is 2. The van der Waals surface area contributed by atoms with Gasteiger partial charge in [-0.25, -0.2) is 4.79 Å². The van der Waals surface area contributed by atoms with Crippen LogP contribution in [0, 0.1) is 5.92 Å². The molecule has 2 aromatic carbocycles. The van der Waals surface area contributed by atoms with Gasteiger partial charge in [0.05, 0.1) is 26.4 Å². The topological polar surface area (TPSA) is 94.1 Å². The van der Waals surface area contributed by atoms with Gasteiger partial charge in [0.15, 0.2) is 17.3 Å². The zero-order valence-electron chi connectivity index (χ0n) is 21.4. The summed E-state index contributed by atoms with van der Waals surface area (Å²) in [5, 5.41) is 13.2. The molecule has 1 aliphatic carbocycles. The minimum atomic E-state index is -0.569. The molecule has 2 aliphatic rings. The highest BCUT2D eigenvalue weighted by Crippen LogP contribution is 2.46. The van der Waals surface area contributed by atoms with Crippen LogP contribution in [0.1, 0.15) is 56.6 Å². The number of carbonyl (C=O) groups is 2. The SMILES string of the molecule is COc1ccc([C@H]2CC(=O)C3=C(C2)NC(C)=C(C(=O)OCC(C)C)[C@H]3c2ccc(O)cc2)cc1OC. The second kappa shape index (κ2) is 10.5. The molecule has 4 rings (SSSR count). The largest absolute Gasteiger partial charge is 0.508 e. The molecular formula is C29H33NO6. The highest BCUT2D eigenvalue weighted by Gasteiger charge is 2.41. The van der Waals surface area contributed by atoms with E-state index in [-0.39, 0.29) is 23.4 Å². The van der Waals surface area contributed by atoms with Crippen LogP contribution in [-0.2, 0) is 14.3 Å². The van der Waals surface area contributed by atoms with Gasteiger partial charge in [-0.2, -0.15) is 0 Å². The van der Waals surface area contributed by atoms with Crippen LogP contribution in [0.3, 0.4) is 0 Å². The molecule has 2 N–H and O–H groups in total. The molecule has 7 heteroatoms. The molecule has 2 aromatic rings. The van der Waals surface area contributed by atoms with Gasteiger partial charge in [-0.1, -0.05) is 32.0 Å². The van der Waals surface area contributed by atoms with Crippen LogP contribution < -0.4 is 14.8 Å². The zero-order chi connectivity index (χ0) is 26.0. The van der Waals surface area contributed by atoms with Crippen LogP contribution in [-0.4, -0.2) is 37.7 Å². The van der Waals surface area contributed by atoms with E-state index in [1.54, 1.807) is 38.5 Å². The highest BCUT2D eigenvalue weighted by atomic mass is 16.5. The zero-order valence-corrected chi connectivity index (χ0v) is 21.4. The van der Waals surface area contributed by atoms with E-state index in [9.17, 15) is 14.7 Å². The molecule has 0 unspecified atom stereocenters. The van der Waals surface area contributed by atoms with Crippen molar-refractivity contribution in [3.8, 4) is 17.2 Å². The van der Waals surface area contributed by atoms with E-state index < -0.39 is 11.9 Å². The first kappa shape index (κ1) is 25.4. The lowest BCUT2D eigenvalue weighted by Gasteiger charge is -2.37. The van der Waals surface area contributed by atoms with E-state index in [4.69, 9.17) is 14.2 Å². The van der Waals surface area contributed by atoms with E-state index in [1.165, 1.54) is 0 Å². The number of ketones is 1. The number of esters is 1. The third-order valence-corrected chi connectivity index (χ3v) is 6.70. The number of phenols is 1.